The number of hydrogen-bond acceptors (Lipinski definition) is 4. The molecule has 7 heteroatoms. The van der Waals surface area contributed by atoms with Crippen LogP contribution in [0.5, 0.6) is 0 Å². The van der Waals surface area contributed by atoms with E-state index in [1.165, 1.54) is 12.3 Å². The number of anilines is 3. The lowest BCUT2D eigenvalue weighted by atomic mass is 10.2. The molecule has 0 fully saturated rings. The maximum Gasteiger partial charge on any atom is 0.274 e. The molecule has 3 aromatic rings. The van der Waals surface area contributed by atoms with Gasteiger partial charge >= 0.3 is 0 Å². The Kier molecular flexibility index (Phi) is 5.91. The predicted octanol–water partition coefficient (Wildman–Crippen LogP) is 4.31. The summed E-state index contributed by atoms with van der Waals surface area (Å²) in [4.78, 5) is 30.9. The van der Waals surface area contributed by atoms with Crippen LogP contribution in [0.15, 0.2) is 66.9 Å². The zero-order valence-corrected chi connectivity index (χ0v) is 16.2. The first-order valence-corrected chi connectivity index (χ1v) is 8.92. The van der Waals surface area contributed by atoms with Crippen molar-refractivity contribution in [3.8, 4) is 0 Å². The minimum Gasteiger partial charge on any atom is -0.378 e. The van der Waals surface area contributed by atoms with E-state index in [4.69, 9.17) is 11.6 Å². The van der Waals surface area contributed by atoms with E-state index in [2.05, 4.69) is 15.6 Å². The van der Waals surface area contributed by atoms with Crippen molar-refractivity contribution in [3.05, 3.63) is 83.1 Å². The second-order valence-corrected chi connectivity index (χ2v) is 6.72. The Labute approximate surface area is 168 Å². The molecule has 0 aliphatic heterocycles. The van der Waals surface area contributed by atoms with Crippen LogP contribution < -0.4 is 15.5 Å². The Bertz CT molecular complexity index is 986. The minimum absolute atomic E-state index is 0.144. The number of aromatic nitrogens is 1. The zero-order valence-electron chi connectivity index (χ0n) is 15.4. The zero-order chi connectivity index (χ0) is 20.1. The highest BCUT2D eigenvalue weighted by Crippen LogP contribution is 2.17. The predicted molar refractivity (Wildman–Crippen MR) is 112 cm³/mol. The van der Waals surface area contributed by atoms with Gasteiger partial charge in [-0.1, -0.05) is 11.6 Å². The minimum atomic E-state index is -0.410. The van der Waals surface area contributed by atoms with Gasteiger partial charge in [0.05, 0.1) is 0 Å². The summed E-state index contributed by atoms with van der Waals surface area (Å²) >= 11 is 5.84. The number of amides is 2. The molecule has 3 rings (SSSR count). The van der Waals surface area contributed by atoms with Crippen LogP contribution in [-0.4, -0.2) is 30.9 Å². The lowest BCUT2D eigenvalue weighted by molar-refractivity contribution is 0.102. The van der Waals surface area contributed by atoms with E-state index in [0.717, 1.165) is 5.69 Å². The normalized spacial score (nSPS) is 10.2. The van der Waals surface area contributed by atoms with Gasteiger partial charge < -0.3 is 15.5 Å². The van der Waals surface area contributed by atoms with Crippen LogP contribution >= 0.6 is 11.6 Å². The van der Waals surface area contributed by atoms with Crippen LogP contribution in [0.1, 0.15) is 20.8 Å². The Balaban J connectivity index is 1.70. The quantitative estimate of drug-likeness (QED) is 0.676. The molecule has 2 aromatic carbocycles. The van der Waals surface area contributed by atoms with Crippen LogP contribution in [0.25, 0.3) is 0 Å². The van der Waals surface area contributed by atoms with Gasteiger partial charge in [-0.15, -0.1) is 0 Å². The van der Waals surface area contributed by atoms with Gasteiger partial charge in [0.1, 0.15) is 5.69 Å². The first-order valence-electron chi connectivity index (χ1n) is 8.54. The van der Waals surface area contributed by atoms with E-state index >= 15 is 0 Å². The van der Waals surface area contributed by atoms with Gasteiger partial charge in [0.25, 0.3) is 11.8 Å². The summed E-state index contributed by atoms with van der Waals surface area (Å²) in [6.45, 7) is 0. The third kappa shape index (κ3) is 4.86. The molecular weight excluding hydrogens is 376 g/mol. The van der Waals surface area contributed by atoms with Crippen molar-refractivity contribution in [2.75, 3.05) is 29.6 Å². The summed E-state index contributed by atoms with van der Waals surface area (Å²) in [6.07, 6.45) is 1.43. The third-order valence-corrected chi connectivity index (χ3v) is 4.25. The molecule has 2 amide bonds. The summed E-state index contributed by atoms with van der Waals surface area (Å²) in [5.41, 5.74) is 2.77. The molecule has 6 nitrogen and oxygen atoms in total. The molecule has 0 bridgehead atoms. The van der Waals surface area contributed by atoms with Gasteiger partial charge in [-0.3, -0.25) is 14.6 Å². The number of carbonyl (C=O) groups is 2. The molecule has 1 heterocycles. The summed E-state index contributed by atoms with van der Waals surface area (Å²) in [7, 11) is 3.89. The summed E-state index contributed by atoms with van der Waals surface area (Å²) in [6, 6.07) is 17.2. The molecule has 142 valence electrons. The molecule has 0 atom stereocenters. The number of rotatable bonds is 5. The van der Waals surface area contributed by atoms with Crippen molar-refractivity contribution in [1.29, 1.82) is 0 Å². The van der Waals surface area contributed by atoms with E-state index in [1.807, 2.05) is 43.3 Å². The van der Waals surface area contributed by atoms with Gasteiger partial charge in [0.2, 0.25) is 0 Å². The Morgan fingerprint density at radius 1 is 0.857 bits per heavy atom. The monoisotopic (exact) mass is 394 g/mol. The van der Waals surface area contributed by atoms with E-state index in [-0.39, 0.29) is 11.6 Å². The summed E-state index contributed by atoms with van der Waals surface area (Å²) < 4.78 is 0. The van der Waals surface area contributed by atoms with E-state index in [1.54, 1.807) is 30.3 Å². The lowest BCUT2D eigenvalue weighted by Gasteiger charge is -2.13. The van der Waals surface area contributed by atoms with Gasteiger partial charge in [0.15, 0.2) is 0 Å². The van der Waals surface area contributed by atoms with Gasteiger partial charge in [-0.25, -0.2) is 0 Å². The van der Waals surface area contributed by atoms with Crippen LogP contribution in [0.4, 0.5) is 17.1 Å². The fourth-order valence-corrected chi connectivity index (χ4v) is 2.60. The van der Waals surface area contributed by atoms with E-state index in [9.17, 15) is 9.59 Å². The van der Waals surface area contributed by atoms with Crippen LogP contribution in [0.2, 0.25) is 5.02 Å². The molecule has 0 saturated carbocycles. The van der Waals surface area contributed by atoms with Gasteiger partial charge in [0, 0.05) is 47.9 Å². The molecule has 28 heavy (non-hydrogen) atoms. The SMILES string of the molecule is CN(C)c1ccc(NC(=O)c2ccnc(C(=O)Nc3ccc(Cl)cc3)c2)cc1. The first kappa shape index (κ1) is 19.4. The van der Waals surface area contributed by atoms with Gasteiger partial charge in [-0.05, 0) is 60.7 Å². The molecular formula is C21H19ClN4O2. The van der Waals surface area contributed by atoms with E-state index in [0.29, 0.717) is 22.0 Å². The second-order valence-electron chi connectivity index (χ2n) is 6.29. The average Bonchev–Trinajstić information content (AvgIpc) is 2.70. The number of hydrogen-bond donors (Lipinski definition) is 2. The molecule has 0 aliphatic rings. The Morgan fingerprint density at radius 2 is 1.43 bits per heavy atom. The molecule has 0 spiro atoms. The first-order chi connectivity index (χ1) is 13.4. The highest BCUT2D eigenvalue weighted by atomic mass is 35.5. The van der Waals surface area contributed by atoms with E-state index < -0.39 is 5.91 Å². The largest absolute Gasteiger partial charge is 0.378 e. The number of nitrogens with zero attached hydrogens (tertiary/aromatic N) is 2. The number of halogens is 1. The smallest absolute Gasteiger partial charge is 0.274 e. The molecule has 0 unspecified atom stereocenters. The maximum atomic E-state index is 12.5. The second kappa shape index (κ2) is 8.54. The fraction of sp³-hybridized carbons (Fsp3) is 0.0952. The Hall–Kier alpha value is -3.38. The maximum absolute atomic E-state index is 12.5. The average molecular weight is 395 g/mol. The van der Waals surface area contributed by atoms with Crippen molar-refractivity contribution in [3.63, 3.8) is 0 Å². The number of nitrogens with one attached hydrogen (secondary N) is 2. The highest BCUT2D eigenvalue weighted by Gasteiger charge is 2.12. The van der Waals surface area contributed by atoms with Gasteiger partial charge in [-0.2, -0.15) is 0 Å². The molecule has 0 radical (unpaired) electrons. The Morgan fingerprint density at radius 3 is 2.04 bits per heavy atom. The van der Waals surface area contributed by atoms with Crippen LogP contribution in [-0.2, 0) is 0 Å². The number of pyridine rings is 1. The summed E-state index contributed by atoms with van der Waals surface area (Å²) in [5.74, 6) is -0.729. The van der Waals surface area contributed by atoms with Crippen molar-refractivity contribution < 1.29 is 9.59 Å². The van der Waals surface area contributed by atoms with Crippen LogP contribution in [0, 0.1) is 0 Å². The summed E-state index contributed by atoms with van der Waals surface area (Å²) in [5, 5.41) is 6.11. The fourth-order valence-electron chi connectivity index (χ4n) is 2.47. The standard InChI is InChI=1S/C21H19ClN4O2/c1-26(2)18-9-7-17(8-10-18)24-20(27)14-11-12-23-19(13-14)21(28)25-16-5-3-15(22)4-6-16/h3-13H,1-2H3,(H,24,27)(H,25,28). The van der Waals surface area contributed by atoms with Crippen molar-refractivity contribution >= 4 is 40.5 Å². The molecule has 2 N–H and O–H groups in total. The topological polar surface area (TPSA) is 74.3 Å². The number of carbonyl (C=O) groups excluding carboxylic acids is 2. The molecule has 1 aromatic heterocycles. The third-order valence-electron chi connectivity index (χ3n) is 4.00. The van der Waals surface area contributed by atoms with Crippen molar-refractivity contribution in [2.24, 2.45) is 0 Å². The van der Waals surface area contributed by atoms with Crippen molar-refractivity contribution in [2.45, 2.75) is 0 Å². The van der Waals surface area contributed by atoms with Crippen molar-refractivity contribution in [1.82, 2.24) is 4.98 Å². The lowest BCUT2D eigenvalue weighted by Crippen LogP contribution is -2.17. The molecule has 0 aliphatic carbocycles. The molecule has 0 saturated heterocycles. The number of benzene rings is 2. The highest BCUT2D eigenvalue weighted by molar-refractivity contribution is 6.30. The van der Waals surface area contributed by atoms with Crippen LogP contribution in [0.3, 0.4) is 0 Å².